The summed E-state index contributed by atoms with van der Waals surface area (Å²) in [5.41, 5.74) is 1.49. The van der Waals surface area contributed by atoms with Crippen LogP contribution in [0.5, 0.6) is 0 Å². The number of nitrogens with one attached hydrogen (secondary N) is 1. The van der Waals surface area contributed by atoms with Crippen molar-refractivity contribution in [3.63, 3.8) is 0 Å². The Kier molecular flexibility index (Phi) is 4.55. The van der Waals surface area contributed by atoms with Gasteiger partial charge in [0.15, 0.2) is 0 Å². The zero-order valence-electron chi connectivity index (χ0n) is 11.0. The standard InChI is InChI=1S/C14H21NO2/c1-5-11-9-7-8-10-12(11)15-14(3,4)13(16)17-6-2/h7-10,15H,5-6H2,1-4H3. The molecule has 0 unspecified atom stereocenters. The second-order valence-corrected chi connectivity index (χ2v) is 4.48. The number of esters is 1. The van der Waals surface area contributed by atoms with Crippen molar-refractivity contribution < 1.29 is 9.53 Å². The molecule has 0 aliphatic rings. The molecule has 94 valence electrons. The zero-order chi connectivity index (χ0) is 12.9. The van der Waals surface area contributed by atoms with E-state index in [9.17, 15) is 4.79 Å². The van der Waals surface area contributed by atoms with Crippen molar-refractivity contribution in [3.8, 4) is 0 Å². The Labute approximate surface area is 103 Å². The smallest absolute Gasteiger partial charge is 0.331 e. The van der Waals surface area contributed by atoms with Crippen molar-refractivity contribution in [1.29, 1.82) is 0 Å². The number of rotatable bonds is 5. The normalized spacial score (nSPS) is 11.1. The minimum absolute atomic E-state index is 0.231. The molecule has 3 nitrogen and oxygen atoms in total. The number of aryl methyl sites for hydroxylation is 1. The van der Waals surface area contributed by atoms with E-state index in [0.29, 0.717) is 6.61 Å². The Morgan fingerprint density at radius 3 is 2.53 bits per heavy atom. The maximum Gasteiger partial charge on any atom is 0.331 e. The Bertz CT molecular complexity index is 386. The Balaban J connectivity index is 2.85. The van der Waals surface area contributed by atoms with Gasteiger partial charge in [-0.15, -0.1) is 0 Å². The predicted octanol–water partition coefficient (Wildman–Crippen LogP) is 3.00. The first-order chi connectivity index (χ1) is 8.01. The highest BCUT2D eigenvalue weighted by Gasteiger charge is 2.29. The molecular formula is C14H21NO2. The minimum Gasteiger partial charge on any atom is -0.464 e. The second-order valence-electron chi connectivity index (χ2n) is 4.48. The highest BCUT2D eigenvalue weighted by molar-refractivity contribution is 5.83. The zero-order valence-corrected chi connectivity index (χ0v) is 11.0. The molecule has 1 rings (SSSR count). The molecular weight excluding hydrogens is 214 g/mol. The van der Waals surface area contributed by atoms with Crippen LogP contribution in [-0.2, 0) is 16.0 Å². The highest BCUT2D eigenvalue weighted by atomic mass is 16.5. The maximum absolute atomic E-state index is 11.8. The van der Waals surface area contributed by atoms with Crippen molar-refractivity contribution in [2.24, 2.45) is 0 Å². The molecule has 0 spiro atoms. The van der Waals surface area contributed by atoms with Crippen LogP contribution in [0.4, 0.5) is 5.69 Å². The van der Waals surface area contributed by atoms with Gasteiger partial charge < -0.3 is 10.1 Å². The third-order valence-electron chi connectivity index (χ3n) is 2.63. The van der Waals surface area contributed by atoms with Crippen LogP contribution in [0.3, 0.4) is 0 Å². The van der Waals surface area contributed by atoms with Crippen LogP contribution in [-0.4, -0.2) is 18.1 Å². The van der Waals surface area contributed by atoms with E-state index in [1.165, 1.54) is 5.56 Å². The molecule has 0 radical (unpaired) electrons. The summed E-state index contributed by atoms with van der Waals surface area (Å²) in [6.45, 7) is 7.97. The minimum atomic E-state index is -0.707. The van der Waals surface area contributed by atoms with Gasteiger partial charge in [-0.05, 0) is 38.8 Å². The summed E-state index contributed by atoms with van der Waals surface area (Å²) < 4.78 is 5.05. The number of hydrogen-bond donors (Lipinski definition) is 1. The lowest BCUT2D eigenvalue weighted by molar-refractivity contribution is -0.147. The van der Waals surface area contributed by atoms with E-state index in [4.69, 9.17) is 4.74 Å². The lowest BCUT2D eigenvalue weighted by atomic mass is 10.0. The molecule has 0 aromatic heterocycles. The largest absolute Gasteiger partial charge is 0.464 e. The highest BCUT2D eigenvalue weighted by Crippen LogP contribution is 2.21. The van der Waals surface area contributed by atoms with Crippen LogP contribution in [0.2, 0.25) is 0 Å². The van der Waals surface area contributed by atoms with Crippen molar-refractivity contribution >= 4 is 11.7 Å². The molecule has 1 aromatic carbocycles. The summed E-state index contributed by atoms with van der Waals surface area (Å²) >= 11 is 0. The molecule has 17 heavy (non-hydrogen) atoms. The van der Waals surface area contributed by atoms with Crippen LogP contribution >= 0.6 is 0 Å². The first-order valence-corrected chi connectivity index (χ1v) is 6.04. The molecule has 0 atom stereocenters. The molecule has 0 amide bonds. The van der Waals surface area contributed by atoms with Gasteiger partial charge in [0.25, 0.3) is 0 Å². The van der Waals surface area contributed by atoms with Gasteiger partial charge in [-0.3, -0.25) is 0 Å². The first kappa shape index (κ1) is 13.6. The van der Waals surface area contributed by atoms with Gasteiger partial charge in [-0.1, -0.05) is 25.1 Å². The quantitative estimate of drug-likeness (QED) is 0.797. The summed E-state index contributed by atoms with van der Waals surface area (Å²) in [7, 11) is 0. The summed E-state index contributed by atoms with van der Waals surface area (Å²) in [4.78, 5) is 11.8. The van der Waals surface area contributed by atoms with E-state index in [1.54, 1.807) is 0 Å². The third kappa shape index (κ3) is 3.48. The fraction of sp³-hybridized carbons (Fsp3) is 0.500. The summed E-state index contributed by atoms with van der Waals surface area (Å²) in [6, 6.07) is 8.01. The fourth-order valence-corrected chi connectivity index (χ4v) is 1.65. The van der Waals surface area contributed by atoms with Gasteiger partial charge in [0, 0.05) is 5.69 Å². The topological polar surface area (TPSA) is 38.3 Å². The van der Waals surface area contributed by atoms with Crippen LogP contribution in [0.15, 0.2) is 24.3 Å². The average Bonchev–Trinajstić information content (AvgIpc) is 2.29. The summed E-state index contributed by atoms with van der Waals surface area (Å²) in [5.74, 6) is -0.231. The van der Waals surface area contributed by atoms with Crippen molar-refractivity contribution in [3.05, 3.63) is 29.8 Å². The SMILES string of the molecule is CCOC(=O)C(C)(C)Nc1ccccc1CC. The van der Waals surface area contributed by atoms with Gasteiger partial charge >= 0.3 is 5.97 Å². The van der Waals surface area contributed by atoms with Crippen LogP contribution < -0.4 is 5.32 Å². The van der Waals surface area contributed by atoms with Crippen molar-refractivity contribution in [2.75, 3.05) is 11.9 Å². The van der Waals surface area contributed by atoms with Gasteiger partial charge in [-0.2, -0.15) is 0 Å². The number of hydrogen-bond acceptors (Lipinski definition) is 3. The number of carbonyl (C=O) groups is 1. The molecule has 1 aromatic rings. The monoisotopic (exact) mass is 235 g/mol. The summed E-state index contributed by atoms with van der Waals surface area (Å²) in [5, 5.41) is 3.25. The third-order valence-corrected chi connectivity index (χ3v) is 2.63. The maximum atomic E-state index is 11.8. The molecule has 0 fully saturated rings. The van der Waals surface area contributed by atoms with Gasteiger partial charge in [0.05, 0.1) is 6.61 Å². The number of benzene rings is 1. The lowest BCUT2D eigenvalue weighted by Crippen LogP contribution is -2.41. The average molecular weight is 235 g/mol. The van der Waals surface area contributed by atoms with Crippen LogP contribution in [0, 0.1) is 0 Å². The molecule has 0 aliphatic heterocycles. The molecule has 0 saturated heterocycles. The van der Waals surface area contributed by atoms with Gasteiger partial charge in [0.1, 0.15) is 5.54 Å². The number of para-hydroxylation sites is 1. The van der Waals surface area contributed by atoms with Gasteiger partial charge in [-0.25, -0.2) is 4.79 Å². The van der Waals surface area contributed by atoms with E-state index in [0.717, 1.165) is 12.1 Å². The fourth-order valence-electron chi connectivity index (χ4n) is 1.65. The molecule has 0 aliphatic carbocycles. The van der Waals surface area contributed by atoms with Crippen LogP contribution in [0.25, 0.3) is 0 Å². The Morgan fingerprint density at radius 2 is 1.94 bits per heavy atom. The van der Waals surface area contributed by atoms with E-state index in [2.05, 4.69) is 18.3 Å². The second kappa shape index (κ2) is 5.71. The van der Waals surface area contributed by atoms with Crippen molar-refractivity contribution in [2.45, 2.75) is 39.7 Å². The van der Waals surface area contributed by atoms with E-state index < -0.39 is 5.54 Å². The molecule has 1 N–H and O–H groups in total. The van der Waals surface area contributed by atoms with E-state index >= 15 is 0 Å². The van der Waals surface area contributed by atoms with Crippen molar-refractivity contribution in [1.82, 2.24) is 0 Å². The Hall–Kier alpha value is -1.51. The number of anilines is 1. The van der Waals surface area contributed by atoms with E-state index in [1.807, 2.05) is 39.0 Å². The Morgan fingerprint density at radius 1 is 1.29 bits per heavy atom. The predicted molar refractivity (Wildman–Crippen MR) is 70.2 cm³/mol. The first-order valence-electron chi connectivity index (χ1n) is 6.04. The summed E-state index contributed by atoms with van der Waals surface area (Å²) in [6.07, 6.45) is 0.933. The molecule has 0 heterocycles. The molecule has 0 saturated carbocycles. The van der Waals surface area contributed by atoms with Crippen LogP contribution in [0.1, 0.15) is 33.3 Å². The lowest BCUT2D eigenvalue weighted by Gasteiger charge is -2.26. The number of ether oxygens (including phenoxy) is 1. The number of carbonyl (C=O) groups excluding carboxylic acids is 1. The van der Waals surface area contributed by atoms with E-state index in [-0.39, 0.29) is 5.97 Å². The van der Waals surface area contributed by atoms with Gasteiger partial charge in [0.2, 0.25) is 0 Å². The molecule has 0 bridgehead atoms. The molecule has 3 heteroatoms.